The molecular formula is C10H11NOS. The maximum absolute atomic E-state index is 5.69. The van der Waals surface area contributed by atoms with Crippen LogP contribution in [-0.4, -0.2) is 12.9 Å². The zero-order valence-electron chi connectivity index (χ0n) is 7.37. The Morgan fingerprint density at radius 3 is 2.85 bits per heavy atom. The quantitative estimate of drug-likeness (QED) is 0.403. The Kier molecular flexibility index (Phi) is 3.53. The minimum Gasteiger partial charge on any atom is -0.495 e. The Hall–Kier alpha value is -1.27. The zero-order chi connectivity index (χ0) is 9.68. The summed E-state index contributed by atoms with van der Waals surface area (Å²) in [7, 11) is 1.59. The van der Waals surface area contributed by atoms with Crippen molar-refractivity contribution in [2.75, 3.05) is 18.6 Å². The van der Waals surface area contributed by atoms with Gasteiger partial charge in [0.15, 0.2) is 0 Å². The highest BCUT2D eigenvalue weighted by molar-refractivity contribution is 7.80. The fourth-order valence-electron chi connectivity index (χ4n) is 0.954. The van der Waals surface area contributed by atoms with Crippen molar-refractivity contribution in [3.63, 3.8) is 0 Å². The van der Waals surface area contributed by atoms with Gasteiger partial charge in [0.25, 0.3) is 0 Å². The molecule has 0 amide bonds. The average molecular weight is 193 g/mol. The maximum atomic E-state index is 5.69. The highest BCUT2D eigenvalue weighted by atomic mass is 32.1. The van der Waals surface area contributed by atoms with Crippen molar-refractivity contribution in [3.05, 3.63) is 23.8 Å². The van der Waals surface area contributed by atoms with Gasteiger partial charge in [-0.05, 0) is 18.2 Å². The lowest BCUT2D eigenvalue weighted by molar-refractivity contribution is 0.417. The van der Waals surface area contributed by atoms with Gasteiger partial charge in [-0.2, -0.15) is 12.6 Å². The van der Waals surface area contributed by atoms with Crippen LogP contribution in [0.5, 0.6) is 5.75 Å². The Bertz CT molecular complexity index is 352. The van der Waals surface area contributed by atoms with Gasteiger partial charge >= 0.3 is 0 Å². The number of nitrogen functional groups attached to an aromatic ring is 1. The number of rotatable bonds is 1. The fourth-order valence-corrected chi connectivity index (χ4v) is 1.03. The Labute approximate surface area is 83.5 Å². The van der Waals surface area contributed by atoms with Crippen molar-refractivity contribution in [2.45, 2.75) is 0 Å². The monoisotopic (exact) mass is 193 g/mol. The third-order valence-corrected chi connectivity index (χ3v) is 1.70. The van der Waals surface area contributed by atoms with Crippen LogP contribution in [0.1, 0.15) is 5.56 Å². The van der Waals surface area contributed by atoms with Gasteiger partial charge in [-0.3, -0.25) is 0 Å². The lowest BCUT2D eigenvalue weighted by atomic mass is 10.2. The number of anilines is 1. The molecule has 1 aromatic rings. The first-order valence-corrected chi connectivity index (χ1v) is 4.44. The molecule has 3 heteroatoms. The van der Waals surface area contributed by atoms with E-state index in [1.165, 1.54) is 0 Å². The minimum absolute atomic E-state index is 0.548. The van der Waals surface area contributed by atoms with Crippen molar-refractivity contribution < 1.29 is 4.74 Å². The van der Waals surface area contributed by atoms with Crippen LogP contribution in [0.4, 0.5) is 5.69 Å². The smallest absolute Gasteiger partial charge is 0.141 e. The molecule has 0 aliphatic rings. The van der Waals surface area contributed by atoms with E-state index in [0.717, 1.165) is 5.56 Å². The maximum Gasteiger partial charge on any atom is 0.141 e. The van der Waals surface area contributed by atoms with Crippen LogP contribution in [0.15, 0.2) is 18.2 Å². The van der Waals surface area contributed by atoms with Gasteiger partial charge in [0.05, 0.1) is 18.6 Å². The molecule has 1 aromatic carbocycles. The predicted octanol–water partition coefficient (Wildman–Crippen LogP) is 1.56. The SMILES string of the molecule is COc1ccc(C#CCS)cc1N. The van der Waals surface area contributed by atoms with E-state index in [-0.39, 0.29) is 0 Å². The molecule has 2 N–H and O–H groups in total. The van der Waals surface area contributed by atoms with E-state index in [0.29, 0.717) is 17.2 Å². The van der Waals surface area contributed by atoms with Gasteiger partial charge in [-0.25, -0.2) is 0 Å². The van der Waals surface area contributed by atoms with E-state index in [1.54, 1.807) is 19.2 Å². The number of methoxy groups -OCH3 is 1. The number of benzene rings is 1. The summed E-state index contributed by atoms with van der Waals surface area (Å²) in [6.07, 6.45) is 0. The van der Waals surface area contributed by atoms with Crippen molar-refractivity contribution in [2.24, 2.45) is 0 Å². The third kappa shape index (κ3) is 2.60. The predicted molar refractivity (Wildman–Crippen MR) is 58.1 cm³/mol. The zero-order valence-corrected chi connectivity index (χ0v) is 8.27. The van der Waals surface area contributed by atoms with E-state index in [4.69, 9.17) is 10.5 Å². The summed E-state index contributed by atoms with van der Waals surface area (Å²) in [5.41, 5.74) is 7.18. The van der Waals surface area contributed by atoms with Gasteiger partial charge in [0, 0.05) is 5.56 Å². The molecule has 68 valence electrons. The first kappa shape index (κ1) is 9.82. The van der Waals surface area contributed by atoms with Crippen molar-refractivity contribution in [1.29, 1.82) is 0 Å². The molecule has 0 unspecified atom stereocenters. The molecule has 13 heavy (non-hydrogen) atoms. The molecule has 0 atom stereocenters. The topological polar surface area (TPSA) is 35.2 Å². The Balaban J connectivity index is 2.96. The molecule has 0 saturated heterocycles. The first-order valence-electron chi connectivity index (χ1n) is 3.81. The van der Waals surface area contributed by atoms with Gasteiger partial charge in [0.2, 0.25) is 0 Å². The molecule has 0 saturated carbocycles. The molecule has 0 aliphatic carbocycles. The van der Waals surface area contributed by atoms with E-state index >= 15 is 0 Å². The summed E-state index contributed by atoms with van der Waals surface area (Å²) in [5, 5.41) is 0. The second-order valence-electron chi connectivity index (χ2n) is 2.42. The largest absolute Gasteiger partial charge is 0.495 e. The van der Waals surface area contributed by atoms with E-state index in [9.17, 15) is 0 Å². The van der Waals surface area contributed by atoms with E-state index in [1.807, 2.05) is 6.07 Å². The molecule has 0 radical (unpaired) electrons. The Morgan fingerprint density at radius 1 is 1.54 bits per heavy atom. The van der Waals surface area contributed by atoms with Gasteiger partial charge in [0.1, 0.15) is 5.75 Å². The molecule has 0 fully saturated rings. The van der Waals surface area contributed by atoms with E-state index in [2.05, 4.69) is 24.5 Å². The first-order chi connectivity index (χ1) is 6.27. The van der Waals surface area contributed by atoms with E-state index < -0.39 is 0 Å². The summed E-state index contributed by atoms with van der Waals surface area (Å²) in [5.74, 6) is 7.00. The van der Waals surface area contributed by atoms with Gasteiger partial charge < -0.3 is 10.5 Å². The van der Waals surface area contributed by atoms with Crippen LogP contribution in [-0.2, 0) is 0 Å². The van der Waals surface area contributed by atoms with Crippen LogP contribution in [0, 0.1) is 11.8 Å². The molecule has 0 aliphatic heterocycles. The normalized spacial score (nSPS) is 8.77. The molecule has 1 rings (SSSR count). The number of ether oxygens (including phenoxy) is 1. The number of thiol groups is 1. The third-order valence-electron chi connectivity index (χ3n) is 1.54. The summed E-state index contributed by atoms with van der Waals surface area (Å²) >= 11 is 3.99. The molecule has 2 nitrogen and oxygen atoms in total. The summed E-state index contributed by atoms with van der Waals surface area (Å²) in [4.78, 5) is 0. The highest BCUT2D eigenvalue weighted by Crippen LogP contribution is 2.21. The lowest BCUT2D eigenvalue weighted by Gasteiger charge is -2.03. The van der Waals surface area contributed by atoms with Crippen LogP contribution >= 0.6 is 12.6 Å². The average Bonchev–Trinajstić information content (AvgIpc) is 2.15. The number of hydrogen-bond donors (Lipinski definition) is 2. The van der Waals surface area contributed by atoms with Crippen molar-refractivity contribution in [1.82, 2.24) is 0 Å². The van der Waals surface area contributed by atoms with Crippen molar-refractivity contribution >= 4 is 18.3 Å². The van der Waals surface area contributed by atoms with Crippen LogP contribution in [0.2, 0.25) is 0 Å². The molecule has 0 aromatic heterocycles. The summed E-state index contributed by atoms with van der Waals surface area (Å²) in [6.45, 7) is 0. The molecule has 0 heterocycles. The summed E-state index contributed by atoms with van der Waals surface area (Å²) in [6, 6.07) is 5.46. The second kappa shape index (κ2) is 4.68. The minimum atomic E-state index is 0.548. The standard InChI is InChI=1S/C10H11NOS/c1-12-10-5-4-8(3-2-6-13)7-9(10)11/h4-5,7,13H,6,11H2,1H3. The fraction of sp³-hybridized carbons (Fsp3) is 0.200. The Morgan fingerprint density at radius 2 is 2.31 bits per heavy atom. The highest BCUT2D eigenvalue weighted by Gasteiger charge is 1.97. The van der Waals surface area contributed by atoms with Crippen LogP contribution < -0.4 is 10.5 Å². The van der Waals surface area contributed by atoms with Crippen LogP contribution in [0.25, 0.3) is 0 Å². The lowest BCUT2D eigenvalue weighted by Crippen LogP contribution is -1.92. The summed E-state index contributed by atoms with van der Waals surface area (Å²) < 4.78 is 5.02. The number of nitrogens with two attached hydrogens (primary N) is 1. The van der Waals surface area contributed by atoms with Crippen molar-refractivity contribution in [3.8, 4) is 17.6 Å². The van der Waals surface area contributed by atoms with Gasteiger partial charge in [-0.15, -0.1) is 0 Å². The second-order valence-corrected chi connectivity index (χ2v) is 2.73. The van der Waals surface area contributed by atoms with Gasteiger partial charge in [-0.1, -0.05) is 11.8 Å². The van der Waals surface area contributed by atoms with Crippen LogP contribution in [0.3, 0.4) is 0 Å². The molecule has 0 bridgehead atoms. The molecular weight excluding hydrogens is 182 g/mol. The number of hydrogen-bond acceptors (Lipinski definition) is 3. The molecule has 0 spiro atoms.